The van der Waals surface area contributed by atoms with Gasteiger partial charge in [0.05, 0.1) is 0 Å². The SMILES string of the molecule is CC1(C)N[C@H](c2ccccc2)C[C@@H]1c1ccncc1.CCOCC.Cl.Cl. The van der Waals surface area contributed by atoms with Crippen LogP contribution >= 0.6 is 24.8 Å². The van der Waals surface area contributed by atoms with E-state index in [1.165, 1.54) is 11.1 Å². The van der Waals surface area contributed by atoms with Gasteiger partial charge in [0.15, 0.2) is 0 Å². The number of halogens is 2. The summed E-state index contributed by atoms with van der Waals surface area (Å²) >= 11 is 0. The highest BCUT2D eigenvalue weighted by Gasteiger charge is 2.40. The van der Waals surface area contributed by atoms with E-state index in [0.717, 1.165) is 19.6 Å². The summed E-state index contributed by atoms with van der Waals surface area (Å²) in [5.74, 6) is 0.528. The number of rotatable bonds is 4. The quantitative estimate of drug-likeness (QED) is 0.730. The van der Waals surface area contributed by atoms with Crippen LogP contribution in [0.3, 0.4) is 0 Å². The van der Waals surface area contributed by atoms with E-state index in [-0.39, 0.29) is 30.4 Å². The zero-order valence-electron chi connectivity index (χ0n) is 16.1. The fourth-order valence-corrected chi connectivity index (χ4v) is 3.40. The maximum absolute atomic E-state index is 4.83. The van der Waals surface area contributed by atoms with Gasteiger partial charge in [-0.15, -0.1) is 24.8 Å². The first kappa shape index (κ1) is 24.9. The first-order valence-electron chi connectivity index (χ1n) is 8.88. The number of nitrogens with zero attached hydrogens (tertiary/aromatic N) is 1. The number of pyridine rings is 1. The Hall–Kier alpha value is -1.13. The molecule has 1 aliphatic rings. The Labute approximate surface area is 170 Å². The fourth-order valence-electron chi connectivity index (χ4n) is 3.40. The van der Waals surface area contributed by atoms with Crippen molar-refractivity contribution in [1.29, 1.82) is 0 Å². The Kier molecular flexibility index (Phi) is 11.8. The highest BCUT2D eigenvalue weighted by molar-refractivity contribution is 5.85. The van der Waals surface area contributed by atoms with Gasteiger partial charge in [-0.1, -0.05) is 30.3 Å². The molecule has 0 spiro atoms. The Morgan fingerprint density at radius 3 is 2.04 bits per heavy atom. The zero-order chi connectivity index (χ0) is 17.4. The van der Waals surface area contributed by atoms with Gasteiger partial charge in [0, 0.05) is 43.1 Å². The van der Waals surface area contributed by atoms with Gasteiger partial charge in [-0.2, -0.15) is 0 Å². The molecule has 1 saturated heterocycles. The van der Waals surface area contributed by atoms with Gasteiger partial charge in [-0.05, 0) is 57.4 Å². The monoisotopic (exact) mass is 398 g/mol. The average molecular weight is 399 g/mol. The van der Waals surface area contributed by atoms with Crippen molar-refractivity contribution < 1.29 is 4.74 Å². The molecule has 0 aliphatic carbocycles. The highest BCUT2D eigenvalue weighted by atomic mass is 35.5. The topological polar surface area (TPSA) is 34.2 Å². The molecule has 26 heavy (non-hydrogen) atoms. The molecule has 0 radical (unpaired) electrons. The van der Waals surface area contributed by atoms with Crippen molar-refractivity contribution in [3.8, 4) is 0 Å². The molecule has 1 fully saturated rings. The van der Waals surface area contributed by atoms with Crippen molar-refractivity contribution in [2.24, 2.45) is 0 Å². The van der Waals surface area contributed by atoms with Crippen LogP contribution in [-0.2, 0) is 4.74 Å². The van der Waals surface area contributed by atoms with E-state index in [2.05, 4.69) is 66.6 Å². The summed E-state index contributed by atoms with van der Waals surface area (Å²) in [6.07, 6.45) is 4.92. The highest BCUT2D eigenvalue weighted by Crippen LogP contribution is 2.43. The molecule has 3 rings (SSSR count). The Morgan fingerprint density at radius 2 is 1.54 bits per heavy atom. The van der Waals surface area contributed by atoms with E-state index in [0.29, 0.717) is 12.0 Å². The summed E-state index contributed by atoms with van der Waals surface area (Å²) in [4.78, 5) is 4.12. The Morgan fingerprint density at radius 1 is 0.962 bits per heavy atom. The zero-order valence-corrected chi connectivity index (χ0v) is 17.8. The van der Waals surface area contributed by atoms with Gasteiger partial charge in [0.2, 0.25) is 0 Å². The normalized spacial score (nSPS) is 20.2. The van der Waals surface area contributed by atoms with Crippen LogP contribution in [0.4, 0.5) is 0 Å². The van der Waals surface area contributed by atoms with E-state index in [1.54, 1.807) is 0 Å². The number of ether oxygens (including phenoxy) is 1. The van der Waals surface area contributed by atoms with Crippen molar-refractivity contribution in [2.45, 2.75) is 51.6 Å². The van der Waals surface area contributed by atoms with Crippen LogP contribution in [0.15, 0.2) is 54.9 Å². The molecular formula is C21H32Cl2N2O. The van der Waals surface area contributed by atoms with Crippen LogP contribution in [0.2, 0.25) is 0 Å². The lowest BCUT2D eigenvalue weighted by Gasteiger charge is -2.27. The molecule has 0 saturated carbocycles. The maximum Gasteiger partial charge on any atom is 0.0437 e. The second kappa shape index (κ2) is 12.3. The summed E-state index contributed by atoms with van der Waals surface area (Å²) in [6, 6.07) is 15.4. The van der Waals surface area contributed by atoms with Crippen LogP contribution in [0.5, 0.6) is 0 Å². The molecular weight excluding hydrogens is 367 g/mol. The van der Waals surface area contributed by atoms with E-state index >= 15 is 0 Å². The second-order valence-electron chi connectivity index (χ2n) is 6.68. The molecule has 1 N–H and O–H groups in total. The minimum atomic E-state index is 0. The third-order valence-electron chi connectivity index (χ3n) is 4.61. The third-order valence-corrected chi connectivity index (χ3v) is 4.61. The van der Waals surface area contributed by atoms with E-state index in [1.807, 2.05) is 26.2 Å². The fraction of sp³-hybridized carbons (Fsp3) is 0.476. The first-order valence-corrected chi connectivity index (χ1v) is 8.88. The number of benzene rings is 1. The number of aromatic nitrogens is 1. The van der Waals surface area contributed by atoms with Gasteiger partial charge < -0.3 is 10.1 Å². The van der Waals surface area contributed by atoms with Crippen LogP contribution in [-0.4, -0.2) is 23.7 Å². The number of hydrogen-bond acceptors (Lipinski definition) is 3. The summed E-state index contributed by atoms with van der Waals surface area (Å²) in [7, 11) is 0. The van der Waals surface area contributed by atoms with Gasteiger partial charge in [0.25, 0.3) is 0 Å². The molecule has 1 aliphatic heterocycles. The number of nitrogens with one attached hydrogen (secondary N) is 1. The van der Waals surface area contributed by atoms with E-state index in [4.69, 9.17) is 4.74 Å². The average Bonchev–Trinajstić information content (AvgIpc) is 2.93. The van der Waals surface area contributed by atoms with Crippen LogP contribution in [0.25, 0.3) is 0 Å². The second-order valence-corrected chi connectivity index (χ2v) is 6.68. The molecule has 1 aromatic heterocycles. The van der Waals surface area contributed by atoms with E-state index < -0.39 is 0 Å². The lowest BCUT2D eigenvalue weighted by molar-refractivity contribution is 0.162. The molecule has 0 amide bonds. The van der Waals surface area contributed by atoms with Gasteiger partial charge in [-0.25, -0.2) is 0 Å². The molecule has 1 aromatic carbocycles. The predicted molar refractivity (Wildman–Crippen MR) is 115 cm³/mol. The van der Waals surface area contributed by atoms with Gasteiger partial charge in [-0.3, -0.25) is 4.98 Å². The molecule has 0 unspecified atom stereocenters. The van der Waals surface area contributed by atoms with Crippen molar-refractivity contribution >= 4 is 24.8 Å². The lowest BCUT2D eigenvalue weighted by atomic mass is 9.83. The largest absolute Gasteiger partial charge is 0.382 e. The van der Waals surface area contributed by atoms with Crippen molar-refractivity contribution in [1.82, 2.24) is 10.3 Å². The van der Waals surface area contributed by atoms with E-state index in [9.17, 15) is 0 Å². The Bertz CT molecular complexity index is 591. The minimum Gasteiger partial charge on any atom is -0.382 e. The summed E-state index contributed by atoms with van der Waals surface area (Å²) < 4.78 is 4.83. The van der Waals surface area contributed by atoms with Gasteiger partial charge in [0.1, 0.15) is 0 Å². The third kappa shape index (κ3) is 6.88. The maximum atomic E-state index is 4.83. The smallest absolute Gasteiger partial charge is 0.0437 e. The molecule has 3 nitrogen and oxygen atoms in total. The standard InChI is InChI=1S/C17H20N2.C4H10O.2ClH/c1-17(2)15(13-8-10-18-11-9-13)12-16(19-17)14-6-4-3-5-7-14;1-3-5-4-2;;/h3-11,15-16,19H,12H2,1-2H3;3-4H2,1-2H3;2*1H/t15-,16+;;;/m1.../s1. The van der Waals surface area contributed by atoms with Crippen LogP contribution < -0.4 is 5.32 Å². The summed E-state index contributed by atoms with van der Waals surface area (Å²) in [5.41, 5.74) is 2.88. The summed E-state index contributed by atoms with van der Waals surface area (Å²) in [6.45, 7) is 10.3. The van der Waals surface area contributed by atoms with Crippen molar-refractivity contribution in [3.05, 3.63) is 66.0 Å². The van der Waals surface area contributed by atoms with Crippen LogP contribution in [0.1, 0.15) is 57.2 Å². The van der Waals surface area contributed by atoms with Crippen molar-refractivity contribution in [2.75, 3.05) is 13.2 Å². The molecule has 2 aromatic rings. The van der Waals surface area contributed by atoms with Crippen LogP contribution in [0, 0.1) is 0 Å². The first-order chi connectivity index (χ1) is 11.6. The minimum absolute atomic E-state index is 0. The number of hydrogen-bond donors (Lipinski definition) is 1. The lowest BCUT2D eigenvalue weighted by Crippen LogP contribution is -2.37. The van der Waals surface area contributed by atoms with Gasteiger partial charge >= 0.3 is 0 Å². The molecule has 2 heterocycles. The molecule has 0 bridgehead atoms. The molecule has 2 atom stereocenters. The summed E-state index contributed by atoms with van der Waals surface area (Å²) in [5, 5.41) is 3.77. The Balaban J connectivity index is 0.000000798. The molecule has 146 valence electrons. The predicted octanol–water partition coefficient (Wildman–Crippen LogP) is 5.56. The van der Waals surface area contributed by atoms with Crippen molar-refractivity contribution in [3.63, 3.8) is 0 Å². The molecule has 5 heteroatoms.